The van der Waals surface area contributed by atoms with E-state index >= 15 is 0 Å². The molecule has 2 heteroatoms. The molecule has 1 aromatic carbocycles. The van der Waals surface area contributed by atoms with Crippen molar-refractivity contribution in [2.24, 2.45) is 0 Å². The second-order valence-electron chi connectivity index (χ2n) is 2.21. The van der Waals surface area contributed by atoms with Gasteiger partial charge in [0.2, 0.25) is 0 Å². The van der Waals surface area contributed by atoms with Gasteiger partial charge in [0.15, 0.2) is 0 Å². The maximum atomic E-state index is 5.31. The van der Waals surface area contributed by atoms with Crippen LogP contribution >= 0.6 is 0 Å². The third-order valence-corrected chi connectivity index (χ3v) is 3.37. The second kappa shape index (κ2) is 4.55. The van der Waals surface area contributed by atoms with Crippen molar-refractivity contribution in [3.05, 3.63) is 35.9 Å². The summed E-state index contributed by atoms with van der Waals surface area (Å²) in [7, 11) is 1.77. The van der Waals surface area contributed by atoms with Crippen molar-refractivity contribution in [2.45, 2.75) is 10.8 Å². The predicted octanol–water partition coefficient (Wildman–Crippen LogP) is 2.08. The van der Waals surface area contributed by atoms with E-state index in [0.717, 1.165) is 0 Å². The average molecular weight is 215 g/mol. The fourth-order valence-corrected chi connectivity index (χ4v) is 2.28. The molecule has 1 atom stereocenters. The fourth-order valence-electron chi connectivity index (χ4n) is 0.979. The van der Waals surface area contributed by atoms with Gasteiger partial charge in [0.05, 0.1) is 0 Å². The van der Waals surface area contributed by atoms with Gasteiger partial charge in [-0.05, 0) is 0 Å². The molecule has 0 spiro atoms. The summed E-state index contributed by atoms with van der Waals surface area (Å²) >= 11 is 0.524. The molecule has 1 unspecified atom stereocenters. The van der Waals surface area contributed by atoms with E-state index in [1.807, 2.05) is 18.2 Å². The van der Waals surface area contributed by atoms with E-state index in [1.165, 1.54) is 5.56 Å². The molecule has 0 aromatic heterocycles. The molecule has 60 valence electrons. The minimum atomic E-state index is 0.323. The molecule has 1 aromatic rings. The SMILES string of the molecule is COC([Se]C)c1ccccc1. The summed E-state index contributed by atoms with van der Waals surface area (Å²) in [5, 5.41) is 0.323. The number of rotatable bonds is 3. The topological polar surface area (TPSA) is 9.23 Å². The van der Waals surface area contributed by atoms with Crippen LogP contribution in [0.1, 0.15) is 10.6 Å². The summed E-state index contributed by atoms with van der Waals surface area (Å²) in [6, 6.07) is 10.3. The monoisotopic (exact) mass is 216 g/mol. The number of hydrogen-bond donors (Lipinski definition) is 0. The first-order valence-corrected chi connectivity index (χ1v) is 6.19. The second-order valence-corrected chi connectivity index (χ2v) is 4.10. The Morgan fingerprint density at radius 1 is 1.27 bits per heavy atom. The van der Waals surface area contributed by atoms with E-state index in [2.05, 4.69) is 18.0 Å². The molecule has 0 aliphatic carbocycles. The molecule has 0 saturated heterocycles. The fraction of sp³-hybridized carbons (Fsp3) is 0.333. The van der Waals surface area contributed by atoms with E-state index in [4.69, 9.17) is 4.74 Å². The van der Waals surface area contributed by atoms with Crippen LogP contribution in [0, 0.1) is 0 Å². The Morgan fingerprint density at radius 2 is 1.91 bits per heavy atom. The first-order chi connectivity index (χ1) is 5.38. The van der Waals surface area contributed by atoms with Crippen LogP contribution in [0.2, 0.25) is 5.82 Å². The Morgan fingerprint density at radius 3 is 2.36 bits per heavy atom. The van der Waals surface area contributed by atoms with Crippen LogP contribution in [0.25, 0.3) is 0 Å². The third kappa shape index (κ3) is 2.33. The van der Waals surface area contributed by atoms with Crippen LogP contribution < -0.4 is 0 Å². The summed E-state index contributed by atoms with van der Waals surface area (Å²) in [6.07, 6.45) is 0. The first kappa shape index (κ1) is 8.79. The van der Waals surface area contributed by atoms with Crippen LogP contribution in [0.4, 0.5) is 0 Å². The molecule has 0 fully saturated rings. The molecular weight excluding hydrogens is 203 g/mol. The molecule has 1 nitrogen and oxygen atoms in total. The summed E-state index contributed by atoms with van der Waals surface area (Å²) in [5.74, 6) is 2.19. The first-order valence-electron chi connectivity index (χ1n) is 3.49. The molecule has 0 aliphatic heterocycles. The van der Waals surface area contributed by atoms with E-state index in [9.17, 15) is 0 Å². The van der Waals surface area contributed by atoms with E-state index in [0.29, 0.717) is 20.0 Å². The van der Waals surface area contributed by atoms with Gasteiger partial charge < -0.3 is 0 Å². The molecule has 0 amide bonds. The molecule has 1 rings (SSSR count). The van der Waals surface area contributed by atoms with E-state index in [-0.39, 0.29) is 0 Å². The molecule has 0 bridgehead atoms. The number of benzene rings is 1. The molecule has 11 heavy (non-hydrogen) atoms. The summed E-state index contributed by atoms with van der Waals surface area (Å²) in [4.78, 5) is 0. The third-order valence-electron chi connectivity index (χ3n) is 1.50. The van der Waals surface area contributed by atoms with Crippen LogP contribution in [-0.2, 0) is 4.74 Å². The van der Waals surface area contributed by atoms with Gasteiger partial charge in [-0.1, -0.05) is 0 Å². The zero-order valence-corrected chi connectivity index (χ0v) is 8.49. The van der Waals surface area contributed by atoms with Gasteiger partial charge in [0.25, 0.3) is 0 Å². The Hall–Kier alpha value is -0.301. The van der Waals surface area contributed by atoms with Crippen molar-refractivity contribution in [3.8, 4) is 0 Å². The van der Waals surface area contributed by atoms with Crippen molar-refractivity contribution in [2.75, 3.05) is 7.11 Å². The van der Waals surface area contributed by atoms with Gasteiger partial charge in [0, 0.05) is 0 Å². The van der Waals surface area contributed by atoms with Gasteiger partial charge >= 0.3 is 73.5 Å². The number of hydrogen-bond acceptors (Lipinski definition) is 1. The standard InChI is InChI=1S/C9H12OSe/c1-10-9(11-2)8-6-4-3-5-7-8/h3-7,9H,1-2H3. The van der Waals surface area contributed by atoms with Gasteiger partial charge in [-0.2, -0.15) is 0 Å². The van der Waals surface area contributed by atoms with Gasteiger partial charge in [0.1, 0.15) is 0 Å². The predicted molar refractivity (Wildman–Crippen MR) is 47.8 cm³/mol. The zero-order chi connectivity index (χ0) is 8.10. The minimum absolute atomic E-state index is 0.323. The van der Waals surface area contributed by atoms with Crippen LogP contribution in [-0.4, -0.2) is 22.1 Å². The Balaban J connectivity index is 2.74. The van der Waals surface area contributed by atoms with E-state index < -0.39 is 0 Å². The van der Waals surface area contributed by atoms with Crippen LogP contribution in [0.3, 0.4) is 0 Å². The molecule has 0 aliphatic rings. The summed E-state index contributed by atoms with van der Waals surface area (Å²) in [5.41, 5.74) is 1.29. The molecule has 0 heterocycles. The Kier molecular flexibility index (Phi) is 3.64. The zero-order valence-electron chi connectivity index (χ0n) is 6.78. The van der Waals surface area contributed by atoms with Gasteiger partial charge in [-0.25, -0.2) is 0 Å². The number of methoxy groups -OCH3 is 1. The van der Waals surface area contributed by atoms with Gasteiger partial charge in [-0.3, -0.25) is 0 Å². The normalized spacial score (nSPS) is 12.9. The molecule has 0 saturated carbocycles. The Labute approximate surface area is 73.9 Å². The van der Waals surface area contributed by atoms with Crippen LogP contribution in [0.15, 0.2) is 30.3 Å². The van der Waals surface area contributed by atoms with Gasteiger partial charge in [-0.15, -0.1) is 0 Å². The summed E-state index contributed by atoms with van der Waals surface area (Å²) < 4.78 is 5.31. The van der Waals surface area contributed by atoms with Crippen LogP contribution in [0.5, 0.6) is 0 Å². The average Bonchev–Trinajstić information content (AvgIpc) is 2.09. The van der Waals surface area contributed by atoms with Crippen molar-refractivity contribution in [3.63, 3.8) is 0 Å². The Bertz CT molecular complexity index is 194. The van der Waals surface area contributed by atoms with E-state index in [1.54, 1.807) is 7.11 Å². The van der Waals surface area contributed by atoms with Crippen molar-refractivity contribution < 1.29 is 4.74 Å². The summed E-state index contributed by atoms with van der Waals surface area (Å²) in [6.45, 7) is 0. The van der Waals surface area contributed by atoms with Crippen molar-refractivity contribution in [1.82, 2.24) is 0 Å². The quantitative estimate of drug-likeness (QED) is 0.701. The van der Waals surface area contributed by atoms with Crippen molar-refractivity contribution in [1.29, 1.82) is 0 Å². The maximum absolute atomic E-state index is 5.31. The molecule has 0 radical (unpaired) electrons. The molecular formula is C9H12OSe. The number of ether oxygens (including phenoxy) is 1. The molecule has 0 N–H and O–H groups in total. The van der Waals surface area contributed by atoms with Crippen molar-refractivity contribution >= 4 is 15.0 Å².